The highest BCUT2D eigenvalue weighted by molar-refractivity contribution is 8.00. The van der Waals surface area contributed by atoms with Crippen LogP contribution in [0.2, 0.25) is 0 Å². The molecule has 1 heterocycles. The minimum absolute atomic E-state index is 0.131. The molecule has 3 aromatic carbocycles. The maximum absolute atomic E-state index is 11.6. The standard InChI is InChI=1S/C25H24O4S/c1-2-28-24(27)16-30-21-11-8-18(9-12-21)25-22(17-6-4-3-5-7-17)15-19-14-20(26)10-13-23(19)29-25/h3-14,22,25-26H,2,15-16H2,1H3. The molecule has 0 saturated carbocycles. The van der Waals surface area contributed by atoms with E-state index in [9.17, 15) is 9.90 Å². The third kappa shape index (κ3) is 4.62. The van der Waals surface area contributed by atoms with Crippen molar-refractivity contribution in [3.63, 3.8) is 0 Å². The van der Waals surface area contributed by atoms with Gasteiger partial charge in [0.05, 0.1) is 12.4 Å². The van der Waals surface area contributed by atoms with Crippen molar-refractivity contribution in [1.29, 1.82) is 0 Å². The summed E-state index contributed by atoms with van der Waals surface area (Å²) in [5.74, 6) is 1.30. The Kier molecular flexibility index (Phi) is 6.29. The number of esters is 1. The smallest absolute Gasteiger partial charge is 0.316 e. The number of carbonyl (C=O) groups excluding carboxylic acids is 1. The molecule has 2 atom stereocenters. The number of carbonyl (C=O) groups is 1. The number of phenolic OH excluding ortho intramolecular Hbond substituents is 1. The Balaban J connectivity index is 1.58. The molecular formula is C25H24O4S. The molecule has 4 nitrogen and oxygen atoms in total. The van der Waals surface area contributed by atoms with Crippen molar-refractivity contribution >= 4 is 17.7 Å². The first-order valence-electron chi connectivity index (χ1n) is 10.1. The Morgan fingerprint density at radius 1 is 1.07 bits per heavy atom. The molecule has 0 bridgehead atoms. The summed E-state index contributed by atoms with van der Waals surface area (Å²) in [7, 11) is 0. The maximum atomic E-state index is 11.6. The third-order valence-corrected chi connectivity index (χ3v) is 6.19. The van der Waals surface area contributed by atoms with Gasteiger partial charge in [-0.25, -0.2) is 0 Å². The molecule has 30 heavy (non-hydrogen) atoms. The Hall–Kier alpha value is -2.92. The van der Waals surface area contributed by atoms with Crippen LogP contribution in [-0.2, 0) is 16.0 Å². The lowest BCUT2D eigenvalue weighted by molar-refractivity contribution is -0.139. The monoisotopic (exact) mass is 420 g/mol. The molecule has 4 rings (SSSR count). The first kappa shape index (κ1) is 20.4. The molecule has 0 spiro atoms. The SMILES string of the molecule is CCOC(=O)CSc1ccc(C2Oc3ccc(O)cc3CC2c2ccccc2)cc1. The summed E-state index contributed by atoms with van der Waals surface area (Å²) in [6.07, 6.45) is 0.658. The molecule has 1 N–H and O–H groups in total. The van der Waals surface area contributed by atoms with Crippen LogP contribution in [0.4, 0.5) is 0 Å². The summed E-state index contributed by atoms with van der Waals surface area (Å²) < 4.78 is 11.4. The highest BCUT2D eigenvalue weighted by Gasteiger charge is 2.32. The van der Waals surface area contributed by atoms with E-state index in [1.165, 1.54) is 17.3 Å². The lowest BCUT2D eigenvalue weighted by atomic mass is 9.82. The highest BCUT2D eigenvalue weighted by atomic mass is 32.2. The molecular weight excluding hydrogens is 396 g/mol. The molecule has 0 aliphatic carbocycles. The summed E-state index contributed by atoms with van der Waals surface area (Å²) >= 11 is 1.47. The predicted octanol–water partition coefficient (Wildman–Crippen LogP) is 5.51. The van der Waals surface area contributed by atoms with Crippen LogP contribution in [0.3, 0.4) is 0 Å². The van der Waals surface area contributed by atoms with Gasteiger partial charge in [-0.05, 0) is 60.4 Å². The van der Waals surface area contributed by atoms with E-state index in [0.717, 1.165) is 28.2 Å². The van der Waals surface area contributed by atoms with Crippen molar-refractivity contribution in [2.75, 3.05) is 12.4 Å². The first-order chi connectivity index (χ1) is 14.6. The fraction of sp³-hybridized carbons (Fsp3) is 0.240. The van der Waals surface area contributed by atoms with Crippen LogP contribution in [0.5, 0.6) is 11.5 Å². The lowest BCUT2D eigenvalue weighted by Crippen LogP contribution is -2.24. The van der Waals surface area contributed by atoms with Gasteiger partial charge in [-0.3, -0.25) is 4.79 Å². The summed E-state index contributed by atoms with van der Waals surface area (Å²) in [5.41, 5.74) is 3.31. The fourth-order valence-corrected chi connectivity index (χ4v) is 4.49. The first-order valence-corrected chi connectivity index (χ1v) is 11.0. The number of phenols is 1. The molecule has 154 valence electrons. The molecule has 2 unspecified atom stereocenters. The number of fused-ring (bicyclic) bond motifs is 1. The zero-order valence-electron chi connectivity index (χ0n) is 16.8. The second kappa shape index (κ2) is 9.26. The topological polar surface area (TPSA) is 55.8 Å². The molecule has 5 heteroatoms. The van der Waals surface area contributed by atoms with Gasteiger partial charge in [0.15, 0.2) is 0 Å². The van der Waals surface area contributed by atoms with Gasteiger partial charge in [0.25, 0.3) is 0 Å². The number of aromatic hydroxyl groups is 1. The quantitative estimate of drug-likeness (QED) is 0.421. The molecule has 0 aromatic heterocycles. The van der Waals surface area contributed by atoms with Crippen LogP contribution in [-0.4, -0.2) is 23.4 Å². The van der Waals surface area contributed by atoms with E-state index in [2.05, 4.69) is 24.3 Å². The van der Waals surface area contributed by atoms with Gasteiger partial charge in [0.1, 0.15) is 17.6 Å². The largest absolute Gasteiger partial charge is 0.508 e. The van der Waals surface area contributed by atoms with Gasteiger partial charge >= 0.3 is 5.97 Å². The third-order valence-electron chi connectivity index (χ3n) is 5.20. The van der Waals surface area contributed by atoms with Crippen LogP contribution < -0.4 is 4.74 Å². The van der Waals surface area contributed by atoms with E-state index in [1.807, 2.05) is 43.3 Å². The van der Waals surface area contributed by atoms with Gasteiger partial charge in [0, 0.05) is 10.8 Å². The van der Waals surface area contributed by atoms with E-state index in [0.29, 0.717) is 12.4 Å². The number of hydrogen-bond donors (Lipinski definition) is 1. The van der Waals surface area contributed by atoms with Gasteiger partial charge in [-0.15, -0.1) is 11.8 Å². The Morgan fingerprint density at radius 2 is 1.83 bits per heavy atom. The Morgan fingerprint density at radius 3 is 2.57 bits per heavy atom. The summed E-state index contributed by atoms with van der Waals surface area (Å²) in [6, 6.07) is 23.8. The number of rotatable bonds is 6. The van der Waals surface area contributed by atoms with Crippen molar-refractivity contribution < 1.29 is 19.4 Å². The zero-order valence-corrected chi connectivity index (χ0v) is 17.6. The van der Waals surface area contributed by atoms with Crippen LogP contribution in [0, 0.1) is 0 Å². The second-order valence-corrected chi connectivity index (χ2v) is 8.26. The molecule has 0 radical (unpaired) electrons. The average molecular weight is 421 g/mol. The molecule has 1 aliphatic heterocycles. The number of ether oxygens (including phenoxy) is 2. The van der Waals surface area contributed by atoms with Crippen molar-refractivity contribution in [2.24, 2.45) is 0 Å². The van der Waals surface area contributed by atoms with Gasteiger partial charge in [-0.1, -0.05) is 42.5 Å². The maximum Gasteiger partial charge on any atom is 0.316 e. The Labute approximate surface area is 180 Å². The molecule has 0 amide bonds. The van der Waals surface area contributed by atoms with E-state index in [4.69, 9.17) is 9.47 Å². The van der Waals surface area contributed by atoms with Gasteiger partial charge < -0.3 is 14.6 Å². The van der Waals surface area contributed by atoms with Crippen molar-refractivity contribution in [3.8, 4) is 11.5 Å². The lowest BCUT2D eigenvalue weighted by Gasteiger charge is -2.34. The van der Waals surface area contributed by atoms with E-state index in [1.54, 1.807) is 12.1 Å². The molecule has 3 aromatic rings. The molecule has 0 fully saturated rings. The van der Waals surface area contributed by atoms with E-state index >= 15 is 0 Å². The molecule has 0 saturated heterocycles. The second-order valence-electron chi connectivity index (χ2n) is 7.21. The van der Waals surface area contributed by atoms with Crippen molar-refractivity contribution in [1.82, 2.24) is 0 Å². The number of hydrogen-bond acceptors (Lipinski definition) is 5. The number of benzene rings is 3. The normalized spacial score (nSPS) is 17.6. The van der Waals surface area contributed by atoms with Crippen LogP contribution >= 0.6 is 11.8 Å². The van der Waals surface area contributed by atoms with Crippen LogP contribution in [0.25, 0.3) is 0 Å². The van der Waals surface area contributed by atoms with E-state index in [-0.39, 0.29) is 23.7 Å². The van der Waals surface area contributed by atoms with E-state index < -0.39 is 0 Å². The summed E-state index contributed by atoms with van der Waals surface area (Å²) in [6.45, 7) is 2.21. The van der Waals surface area contributed by atoms with Gasteiger partial charge in [0.2, 0.25) is 0 Å². The summed E-state index contributed by atoms with van der Waals surface area (Å²) in [5, 5.41) is 9.89. The van der Waals surface area contributed by atoms with Crippen molar-refractivity contribution in [3.05, 3.63) is 89.5 Å². The van der Waals surface area contributed by atoms with Gasteiger partial charge in [-0.2, -0.15) is 0 Å². The fourth-order valence-electron chi connectivity index (χ4n) is 3.80. The minimum Gasteiger partial charge on any atom is -0.508 e. The molecule has 1 aliphatic rings. The van der Waals surface area contributed by atoms with Crippen molar-refractivity contribution in [2.45, 2.75) is 30.3 Å². The number of thioether (sulfide) groups is 1. The average Bonchev–Trinajstić information content (AvgIpc) is 2.78. The summed E-state index contributed by atoms with van der Waals surface area (Å²) in [4.78, 5) is 12.6. The Bertz CT molecular complexity index is 1000. The van der Waals surface area contributed by atoms with Crippen LogP contribution in [0.1, 0.15) is 35.6 Å². The highest BCUT2D eigenvalue weighted by Crippen LogP contribution is 2.44. The predicted molar refractivity (Wildman–Crippen MR) is 118 cm³/mol. The minimum atomic E-state index is -0.203. The zero-order chi connectivity index (χ0) is 20.9. The van der Waals surface area contributed by atoms with Crippen LogP contribution in [0.15, 0.2) is 77.7 Å².